The number of allylic oxidation sites excluding steroid dienone is 1. The highest BCUT2D eigenvalue weighted by Gasteiger charge is 2.11. The summed E-state index contributed by atoms with van der Waals surface area (Å²) in [5.41, 5.74) is 1.51. The molecule has 0 aromatic heterocycles. The van der Waals surface area contributed by atoms with Gasteiger partial charge in [0.2, 0.25) is 0 Å². The monoisotopic (exact) mass is 296 g/mol. The predicted octanol–water partition coefficient (Wildman–Crippen LogP) is 3.36. The molecule has 2 aromatic rings. The lowest BCUT2D eigenvalue weighted by molar-refractivity contribution is 0.104. The van der Waals surface area contributed by atoms with Crippen LogP contribution in [-0.2, 0) is 0 Å². The summed E-state index contributed by atoms with van der Waals surface area (Å²) in [4.78, 5) is 12.1. The molecule has 4 heteroatoms. The molecule has 0 fully saturated rings. The van der Waals surface area contributed by atoms with Gasteiger partial charge in [-0.05, 0) is 48.0 Å². The van der Waals surface area contributed by atoms with Gasteiger partial charge in [-0.1, -0.05) is 12.1 Å². The molecule has 1 heterocycles. The molecule has 2 aromatic carbocycles. The Labute approximate surface area is 128 Å². The molecule has 112 valence electrons. The molecule has 0 saturated carbocycles. The summed E-state index contributed by atoms with van der Waals surface area (Å²) >= 11 is 0. The first-order chi connectivity index (χ1) is 10.8. The van der Waals surface area contributed by atoms with Crippen LogP contribution in [0.15, 0.2) is 48.5 Å². The van der Waals surface area contributed by atoms with Crippen LogP contribution in [-0.4, -0.2) is 26.1 Å². The number of carbonyl (C=O) groups excluding carboxylic acids is 1. The maximum atomic E-state index is 12.1. The van der Waals surface area contributed by atoms with E-state index in [0.29, 0.717) is 24.5 Å². The Kier molecular flexibility index (Phi) is 4.10. The Bertz CT molecular complexity index is 702. The number of rotatable bonds is 4. The number of ketones is 1. The summed E-state index contributed by atoms with van der Waals surface area (Å²) in [6, 6.07) is 12.6. The van der Waals surface area contributed by atoms with Crippen molar-refractivity contribution in [2.75, 3.05) is 20.3 Å². The van der Waals surface area contributed by atoms with Crippen molar-refractivity contribution >= 4 is 11.9 Å². The second-order valence-electron chi connectivity index (χ2n) is 4.83. The molecule has 0 bridgehead atoms. The molecule has 0 atom stereocenters. The average molecular weight is 296 g/mol. The molecule has 1 aliphatic rings. The second kappa shape index (κ2) is 6.35. The summed E-state index contributed by atoms with van der Waals surface area (Å²) in [5, 5.41) is 0. The van der Waals surface area contributed by atoms with Crippen LogP contribution >= 0.6 is 0 Å². The molecule has 0 amide bonds. The number of methoxy groups -OCH3 is 1. The molecule has 22 heavy (non-hydrogen) atoms. The SMILES string of the molecule is COc1ccc(C(=O)/C=C/c2ccc3c(c2)OCCO3)cc1. The zero-order valence-electron chi connectivity index (χ0n) is 12.2. The second-order valence-corrected chi connectivity index (χ2v) is 4.83. The molecular formula is C18H16O4. The predicted molar refractivity (Wildman–Crippen MR) is 83.8 cm³/mol. The lowest BCUT2D eigenvalue weighted by Crippen LogP contribution is -2.15. The van der Waals surface area contributed by atoms with Crippen LogP contribution in [0, 0.1) is 0 Å². The Morgan fingerprint density at radius 3 is 2.50 bits per heavy atom. The molecule has 0 aliphatic carbocycles. The summed E-state index contributed by atoms with van der Waals surface area (Å²) in [6.45, 7) is 1.11. The summed E-state index contributed by atoms with van der Waals surface area (Å²) < 4.78 is 16.1. The molecule has 4 nitrogen and oxygen atoms in total. The third kappa shape index (κ3) is 3.11. The van der Waals surface area contributed by atoms with Gasteiger partial charge in [0.05, 0.1) is 7.11 Å². The van der Waals surface area contributed by atoms with E-state index in [2.05, 4.69) is 0 Å². The smallest absolute Gasteiger partial charge is 0.185 e. The lowest BCUT2D eigenvalue weighted by Gasteiger charge is -2.18. The van der Waals surface area contributed by atoms with Crippen LogP contribution in [0.4, 0.5) is 0 Å². The molecular weight excluding hydrogens is 280 g/mol. The minimum absolute atomic E-state index is 0.0578. The van der Waals surface area contributed by atoms with Gasteiger partial charge in [0.1, 0.15) is 19.0 Å². The van der Waals surface area contributed by atoms with E-state index < -0.39 is 0 Å². The highest BCUT2D eigenvalue weighted by atomic mass is 16.6. The molecule has 3 rings (SSSR count). The first kappa shape index (κ1) is 14.2. The zero-order valence-corrected chi connectivity index (χ0v) is 12.2. The maximum Gasteiger partial charge on any atom is 0.185 e. The Balaban J connectivity index is 1.74. The molecule has 0 N–H and O–H groups in total. The van der Waals surface area contributed by atoms with Gasteiger partial charge in [-0.15, -0.1) is 0 Å². The first-order valence-corrected chi connectivity index (χ1v) is 7.02. The fraction of sp³-hybridized carbons (Fsp3) is 0.167. The van der Waals surface area contributed by atoms with E-state index >= 15 is 0 Å². The van der Waals surface area contributed by atoms with Crippen molar-refractivity contribution in [2.45, 2.75) is 0 Å². The van der Waals surface area contributed by atoms with Crippen molar-refractivity contribution in [1.29, 1.82) is 0 Å². The van der Waals surface area contributed by atoms with Crippen LogP contribution in [0.25, 0.3) is 6.08 Å². The van der Waals surface area contributed by atoms with Gasteiger partial charge in [0, 0.05) is 5.56 Å². The van der Waals surface area contributed by atoms with Crippen LogP contribution in [0.2, 0.25) is 0 Å². The number of carbonyl (C=O) groups is 1. The topological polar surface area (TPSA) is 44.8 Å². The van der Waals surface area contributed by atoms with Gasteiger partial charge in [-0.25, -0.2) is 0 Å². The van der Waals surface area contributed by atoms with Crippen LogP contribution in [0.5, 0.6) is 17.2 Å². The quantitative estimate of drug-likeness (QED) is 0.641. The van der Waals surface area contributed by atoms with Gasteiger partial charge in [0.15, 0.2) is 17.3 Å². The van der Waals surface area contributed by atoms with E-state index in [4.69, 9.17) is 14.2 Å². The number of benzene rings is 2. The Morgan fingerprint density at radius 2 is 1.77 bits per heavy atom. The third-order valence-corrected chi connectivity index (χ3v) is 3.37. The number of ether oxygens (including phenoxy) is 3. The van der Waals surface area contributed by atoms with Crippen molar-refractivity contribution in [1.82, 2.24) is 0 Å². The first-order valence-electron chi connectivity index (χ1n) is 7.02. The van der Waals surface area contributed by atoms with Gasteiger partial charge in [0.25, 0.3) is 0 Å². The van der Waals surface area contributed by atoms with E-state index in [0.717, 1.165) is 17.1 Å². The van der Waals surface area contributed by atoms with Crippen molar-refractivity contribution in [3.05, 3.63) is 59.7 Å². The van der Waals surface area contributed by atoms with E-state index in [-0.39, 0.29) is 5.78 Å². The molecule has 0 saturated heterocycles. The van der Waals surface area contributed by atoms with Crippen LogP contribution < -0.4 is 14.2 Å². The van der Waals surface area contributed by atoms with Crippen LogP contribution in [0.3, 0.4) is 0 Å². The van der Waals surface area contributed by atoms with E-state index in [1.807, 2.05) is 18.2 Å². The van der Waals surface area contributed by atoms with Gasteiger partial charge in [-0.3, -0.25) is 4.79 Å². The standard InChI is InChI=1S/C18H16O4/c1-20-15-6-4-14(5-7-15)16(19)8-2-13-3-9-17-18(12-13)22-11-10-21-17/h2-9,12H,10-11H2,1H3/b8-2+. The number of hydrogen-bond donors (Lipinski definition) is 0. The fourth-order valence-corrected chi connectivity index (χ4v) is 2.19. The molecule has 0 spiro atoms. The van der Waals surface area contributed by atoms with Gasteiger partial charge < -0.3 is 14.2 Å². The normalized spacial score (nSPS) is 13.1. The van der Waals surface area contributed by atoms with E-state index in [1.54, 1.807) is 43.5 Å². The van der Waals surface area contributed by atoms with Crippen LogP contribution in [0.1, 0.15) is 15.9 Å². The largest absolute Gasteiger partial charge is 0.497 e. The maximum absolute atomic E-state index is 12.1. The van der Waals surface area contributed by atoms with Crippen molar-refractivity contribution < 1.29 is 19.0 Å². The zero-order chi connectivity index (χ0) is 15.4. The minimum Gasteiger partial charge on any atom is -0.497 e. The summed E-state index contributed by atoms with van der Waals surface area (Å²) in [6.07, 6.45) is 3.32. The molecule has 0 unspecified atom stereocenters. The van der Waals surface area contributed by atoms with Crippen molar-refractivity contribution in [3.63, 3.8) is 0 Å². The summed E-state index contributed by atoms with van der Waals surface area (Å²) in [7, 11) is 1.60. The van der Waals surface area contributed by atoms with Crippen molar-refractivity contribution in [2.24, 2.45) is 0 Å². The Morgan fingerprint density at radius 1 is 1.05 bits per heavy atom. The van der Waals surface area contributed by atoms with E-state index in [9.17, 15) is 4.79 Å². The number of fused-ring (bicyclic) bond motifs is 1. The highest BCUT2D eigenvalue weighted by Crippen LogP contribution is 2.31. The fourth-order valence-electron chi connectivity index (χ4n) is 2.19. The van der Waals surface area contributed by atoms with Gasteiger partial charge >= 0.3 is 0 Å². The molecule has 1 aliphatic heterocycles. The third-order valence-electron chi connectivity index (χ3n) is 3.37. The number of hydrogen-bond acceptors (Lipinski definition) is 4. The average Bonchev–Trinajstić information content (AvgIpc) is 2.59. The highest BCUT2D eigenvalue weighted by molar-refractivity contribution is 6.06. The minimum atomic E-state index is -0.0578. The lowest BCUT2D eigenvalue weighted by atomic mass is 10.1. The van der Waals surface area contributed by atoms with Gasteiger partial charge in [-0.2, -0.15) is 0 Å². The Hall–Kier alpha value is -2.75. The summed E-state index contributed by atoms with van der Waals surface area (Å²) in [5.74, 6) is 2.13. The van der Waals surface area contributed by atoms with E-state index in [1.165, 1.54) is 0 Å². The molecule has 0 radical (unpaired) electrons. The van der Waals surface area contributed by atoms with Crippen molar-refractivity contribution in [3.8, 4) is 17.2 Å².